The van der Waals surface area contributed by atoms with Gasteiger partial charge < -0.3 is 10.2 Å². The molecule has 1 atom stereocenters. The summed E-state index contributed by atoms with van der Waals surface area (Å²) in [5.74, 6) is 0.953. The molecule has 1 fully saturated rings. The first-order valence-electron chi connectivity index (χ1n) is 10.1. The van der Waals surface area contributed by atoms with Gasteiger partial charge in [-0.25, -0.2) is 4.79 Å². The first-order chi connectivity index (χ1) is 14.3. The van der Waals surface area contributed by atoms with Gasteiger partial charge in [-0.3, -0.25) is 0 Å². The van der Waals surface area contributed by atoms with Crippen LogP contribution in [0.1, 0.15) is 34.4 Å². The van der Waals surface area contributed by atoms with Crippen molar-refractivity contribution in [1.29, 1.82) is 0 Å². The predicted molar refractivity (Wildman–Crippen MR) is 121 cm³/mol. The van der Waals surface area contributed by atoms with Crippen molar-refractivity contribution in [2.75, 3.05) is 18.8 Å². The van der Waals surface area contributed by atoms with Crippen molar-refractivity contribution in [3.63, 3.8) is 0 Å². The van der Waals surface area contributed by atoms with Crippen LogP contribution in [0.15, 0.2) is 91.0 Å². The minimum absolute atomic E-state index is 0.0111. The van der Waals surface area contributed by atoms with Crippen LogP contribution in [0.3, 0.4) is 0 Å². The van der Waals surface area contributed by atoms with Gasteiger partial charge in [-0.15, -0.1) is 0 Å². The van der Waals surface area contributed by atoms with E-state index in [-0.39, 0.29) is 12.1 Å². The molecule has 3 aromatic carbocycles. The third-order valence-corrected chi connectivity index (χ3v) is 6.66. The first kappa shape index (κ1) is 19.6. The molecule has 148 valence electrons. The second-order valence-electron chi connectivity index (χ2n) is 7.25. The van der Waals surface area contributed by atoms with Gasteiger partial charge in [0, 0.05) is 24.1 Å². The quantitative estimate of drug-likeness (QED) is 0.610. The van der Waals surface area contributed by atoms with E-state index < -0.39 is 0 Å². The Hall–Kier alpha value is -2.72. The van der Waals surface area contributed by atoms with Crippen molar-refractivity contribution in [2.45, 2.75) is 17.7 Å². The smallest absolute Gasteiger partial charge is 0.318 e. The van der Waals surface area contributed by atoms with E-state index in [2.05, 4.69) is 59.9 Å². The van der Waals surface area contributed by atoms with Crippen molar-refractivity contribution < 1.29 is 4.79 Å². The van der Waals surface area contributed by atoms with Gasteiger partial charge in [0.2, 0.25) is 0 Å². The van der Waals surface area contributed by atoms with E-state index in [1.807, 2.05) is 53.1 Å². The summed E-state index contributed by atoms with van der Waals surface area (Å²) in [5, 5.41) is 3.73. The number of nitrogens with zero attached hydrogens (tertiary/aromatic N) is 1. The van der Waals surface area contributed by atoms with E-state index in [1.54, 1.807) is 0 Å². The number of hydrogen-bond donors (Lipinski definition) is 1. The molecule has 4 heteroatoms. The van der Waals surface area contributed by atoms with Crippen LogP contribution < -0.4 is 5.32 Å². The summed E-state index contributed by atoms with van der Waals surface area (Å²) in [6, 6.07) is 30.8. The fourth-order valence-corrected chi connectivity index (χ4v) is 5.00. The highest BCUT2D eigenvalue weighted by Crippen LogP contribution is 2.34. The van der Waals surface area contributed by atoms with Crippen molar-refractivity contribution in [2.24, 2.45) is 0 Å². The van der Waals surface area contributed by atoms with E-state index in [4.69, 9.17) is 0 Å². The Kier molecular flexibility index (Phi) is 6.52. The van der Waals surface area contributed by atoms with Gasteiger partial charge in [0.05, 0.1) is 6.04 Å². The van der Waals surface area contributed by atoms with E-state index in [9.17, 15) is 4.79 Å². The number of amides is 2. The molecule has 1 aliphatic rings. The molecule has 0 bridgehead atoms. The molecular formula is C25H26N2OS. The second-order valence-corrected chi connectivity index (χ2v) is 8.56. The highest BCUT2D eigenvalue weighted by atomic mass is 32.2. The van der Waals surface area contributed by atoms with Crippen LogP contribution in [0.2, 0.25) is 0 Å². The van der Waals surface area contributed by atoms with E-state index >= 15 is 0 Å². The van der Waals surface area contributed by atoms with Crippen LogP contribution in [0.5, 0.6) is 0 Å². The monoisotopic (exact) mass is 402 g/mol. The summed E-state index contributed by atoms with van der Waals surface area (Å²) in [5.41, 5.74) is 3.54. The number of thioether (sulfide) groups is 1. The average Bonchev–Trinajstić information content (AvgIpc) is 3.06. The standard InChI is InChI=1S/C25H26N2OS/c28-25(27-17-16-23(29-19-18-27)20-10-4-1-5-11-20)26-24(21-12-6-2-7-13-21)22-14-8-3-9-15-22/h1-15,23-24H,16-19H2,(H,26,28)/t23-/m1/s1. The highest BCUT2D eigenvalue weighted by molar-refractivity contribution is 7.99. The van der Waals surface area contributed by atoms with Crippen molar-refractivity contribution in [1.82, 2.24) is 10.2 Å². The zero-order valence-electron chi connectivity index (χ0n) is 16.4. The lowest BCUT2D eigenvalue weighted by Gasteiger charge is -2.26. The number of urea groups is 1. The Morgan fingerprint density at radius 1 is 0.828 bits per heavy atom. The van der Waals surface area contributed by atoms with Crippen LogP contribution >= 0.6 is 11.8 Å². The van der Waals surface area contributed by atoms with Gasteiger partial charge in [0.1, 0.15) is 0 Å². The highest BCUT2D eigenvalue weighted by Gasteiger charge is 2.24. The second kappa shape index (κ2) is 9.66. The van der Waals surface area contributed by atoms with Gasteiger partial charge in [0.15, 0.2) is 0 Å². The van der Waals surface area contributed by atoms with Crippen LogP contribution in [-0.4, -0.2) is 29.8 Å². The molecule has 1 saturated heterocycles. The maximum atomic E-state index is 13.2. The SMILES string of the molecule is O=C(NC(c1ccccc1)c1ccccc1)N1CCS[C@@H](c2ccccc2)CC1. The lowest BCUT2D eigenvalue weighted by Crippen LogP contribution is -2.43. The molecule has 0 radical (unpaired) electrons. The van der Waals surface area contributed by atoms with Gasteiger partial charge in [-0.1, -0.05) is 91.0 Å². The summed E-state index contributed by atoms with van der Waals surface area (Å²) < 4.78 is 0. The molecular weight excluding hydrogens is 376 g/mol. The summed E-state index contributed by atoms with van der Waals surface area (Å²) in [4.78, 5) is 15.1. The predicted octanol–water partition coefficient (Wildman–Crippen LogP) is 5.67. The molecule has 1 N–H and O–H groups in total. The summed E-state index contributed by atoms with van der Waals surface area (Å²) >= 11 is 1.95. The van der Waals surface area contributed by atoms with E-state index in [0.717, 1.165) is 36.4 Å². The molecule has 0 aliphatic carbocycles. The molecule has 0 unspecified atom stereocenters. The van der Waals surface area contributed by atoms with Crippen LogP contribution in [-0.2, 0) is 0 Å². The number of hydrogen-bond acceptors (Lipinski definition) is 2. The zero-order valence-corrected chi connectivity index (χ0v) is 17.2. The molecule has 29 heavy (non-hydrogen) atoms. The Bertz CT molecular complexity index is 862. The third kappa shape index (κ3) is 5.01. The molecule has 0 saturated carbocycles. The van der Waals surface area contributed by atoms with Crippen molar-refractivity contribution in [3.8, 4) is 0 Å². The Morgan fingerprint density at radius 3 is 1.97 bits per heavy atom. The fourth-order valence-electron chi connectivity index (χ4n) is 3.77. The third-order valence-electron chi connectivity index (χ3n) is 5.33. The lowest BCUT2D eigenvalue weighted by molar-refractivity contribution is 0.198. The number of rotatable bonds is 4. The molecule has 3 nitrogen and oxygen atoms in total. The van der Waals surface area contributed by atoms with Gasteiger partial charge in [0.25, 0.3) is 0 Å². The normalized spacial score (nSPS) is 17.0. The summed E-state index contributed by atoms with van der Waals surface area (Å²) in [6.07, 6.45) is 0.976. The minimum atomic E-state index is -0.147. The van der Waals surface area contributed by atoms with Gasteiger partial charge in [-0.2, -0.15) is 11.8 Å². The van der Waals surface area contributed by atoms with E-state index in [0.29, 0.717) is 5.25 Å². The maximum absolute atomic E-state index is 13.2. The Balaban J connectivity index is 1.46. The number of carbonyl (C=O) groups is 1. The molecule has 1 aliphatic heterocycles. The number of benzene rings is 3. The Labute approximate surface area is 177 Å². The Morgan fingerprint density at radius 2 is 1.38 bits per heavy atom. The minimum Gasteiger partial charge on any atom is -0.327 e. The topological polar surface area (TPSA) is 32.3 Å². The lowest BCUT2D eigenvalue weighted by atomic mass is 9.99. The van der Waals surface area contributed by atoms with Crippen LogP contribution in [0, 0.1) is 0 Å². The fraction of sp³-hybridized carbons (Fsp3) is 0.240. The van der Waals surface area contributed by atoms with Crippen molar-refractivity contribution in [3.05, 3.63) is 108 Å². The van der Waals surface area contributed by atoms with Gasteiger partial charge >= 0.3 is 6.03 Å². The van der Waals surface area contributed by atoms with Crippen LogP contribution in [0.25, 0.3) is 0 Å². The molecule has 2 amide bonds. The molecule has 4 rings (SSSR count). The zero-order chi connectivity index (χ0) is 19.9. The maximum Gasteiger partial charge on any atom is 0.318 e. The molecule has 0 spiro atoms. The molecule has 0 aromatic heterocycles. The summed E-state index contributed by atoms with van der Waals surface area (Å²) in [7, 11) is 0. The molecule has 3 aromatic rings. The number of nitrogens with one attached hydrogen (secondary N) is 1. The largest absolute Gasteiger partial charge is 0.327 e. The first-order valence-corrected chi connectivity index (χ1v) is 11.2. The molecule has 1 heterocycles. The van der Waals surface area contributed by atoms with Crippen LogP contribution in [0.4, 0.5) is 4.79 Å². The van der Waals surface area contributed by atoms with E-state index in [1.165, 1.54) is 5.56 Å². The average molecular weight is 403 g/mol. The van der Waals surface area contributed by atoms with Crippen molar-refractivity contribution >= 4 is 17.8 Å². The van der Waals surface area contributed by atoms with Gasteiger partial charge in [-0.05, 0) is 23.1 Å². The summed E-state index contributed by atoms with van der Waals surface area (Å²) in [6.45, 7) is 1.55. The number of carbonyl (C=O) groups excluding carboxylic acids is 1.